The summed E-state index contributed by atoms with van der Waals surface area (Å²) in [6.45, 7) is 2.62. The van der Waals surface area contributed by atoms with E-state index in [9.17, 15) is 4.79 Å². The van der Waals surface area contributed by atoms with Crippen LogP contribution in [0.5, 0.6) is 0 Å². The standard InChI is InChI=1S/C17H16N2OS/c1-2-14-11-15-16(21-14)18-12-19(17(15)20)10-6-9-13-7-4-3-5-8-13/h3-9,11-12H,2,10H2,1H3/b9-6+. The third-order valence-corrected chi connectivity index (χ3v) is 4.52. The van der Waals surface area contributed by atoms with Crippen LogP contribution in [0.4, 0.5) is 0 Å². The number of nitrogens with zero attached hydrogens (tertiary/aromatic N) is 2. The van der Waals surface area contributed by atoms with Crippen LogP contribution in [-0.4, -0.2) is 9.55 Å². The van der Waals surface area contributed by atoms with Crippen molar-refractivity contribution in [3.8, 4) is 0 Å². The number of aromatic nitrogens is 2. The molecule has 0 N–H and O–H groups in total. The van der Waals surface area contributed by atoms with Crippen molar-refractivity contribution in [3.05, 3.63) is 69.6 Å². The molecule has 3 rings (SSSR count). The van der Waals surface area contributed by atoms with E-state index < -0.39 is 0 Å². The maximum atomic E-state index is 12.4. The summed E-state index contributed by atoms with van der Waals surface area (Å²) in [5.41, 5.74) is 1.16. The Kier molecular flexibility index (Phi) is 3.97. The minimum absolute atomic E-state index is 0.0358. The van der Waals surface area contributed by atoms with E-state index in [1.54, 1.807) is 22.2 Å². The third-order valence-electron chi connectivity index (χ3n) is 3.33. The van der Waals surface area contributed by atoms with Gasteiger partial charge in [-0.1, -0.05) is 49.4 Å². The van der Waals surface area contributed by atoms with Crippen molar-refractivity contribution < 1.29 is 0 Å². The van der Waals surface area contributed by atoms with Gasteiger partial charge in [-0.25, -0.2) is 4.98 Å². The van der Waals surface area contributed by atoms with Gasteiger partial charge in [0, 0.05) is 11.4 Å². The number of hydrogen-bond acceptors (Lipinski definition) is 3. The fourth-order valence-electron chi connectivity index (χ4n) is 2.18. The molecule has 21 heavy (non-hydrogen) atoms. The minimum atomic E-state index is 0.0358. The summed E-state index contributed by atoms with van der Waals surface area (Å²) in [6.07, 6.45) is 6.57. The van der Waals surface area contributed by atoms with Gasteiger partial charge in [-0.15, -0.1) is 11.3 Å². The molecule has 0 aliphatic rings. The van der Waals surface area contributed by atoms with Crippen molar-refractivity contribution in [2.45, 2.75) is 19.9 Å². The van der Waals surface area contributed by atoms with E-state index in [1.807, 2.05) is 48.6 Å². The molecule has 0 bridgehead atoms. The Hall–Kier alpha value is -2.20. The highest BCUT2D eigenvalue weighted by Gasteiger charge is 2.07. The molecule has 3 aromatic rings. The number of benzene rings is 1. The number of aryl methyl sites for hydroxylation is 1. The Bertz CT molecular complexity index is 831. The molecule has 0 spiro atoms. The van der Waals surface area contributed by atoms with Crippen LogP contribution in [0.25, 0.3) is 16.3 Å². The van der Waals surface area contributed by atoms with Crippen LogP contribution in [0.2, 0.25) is 0 Å². The highest BCUT2D eigenvalue weighted by Crippen LogP contribution is 2.20. The summed E-state index contributed by atoms with van der Waals surface area (Å²) in [5, 5.41) is 0.729. The third kappa shape index (κ3) is 2.95. The molecule has 0 atom stereocenters. The molecule has 0 aliphatic heterocycles. The van der Waals surface area contributed by atoms with Crippen LogP contribution in [0, 0.1) is 0 Å². The maximum Gasteiger partial charge on any atom is 0.262 e. The molecule has 3 nitrogen and oxygen atoms in total. The first-order valence-corrected chi connectivity index (χ1v) is 7.79. The van der Waals surface area contributed by atoms with E-state index in [2.05, 4.69) is 11.9 Å². The first kappa shape index (κ1) is 13.8. The lowest BCUT2D eigenvalue weighted by Gasteiger charge is -2.00. The van der Waals surface area contributed by atoms with Gasteiger partial charge in [0.25, 0.3) is 5.56 Å². The highest BCUT2D eigenvalue weighted by molar-refractivity contribution is 7.18. The van der Waals surface area contributed by atoms with Crippen molar-refractivity contribution in [1.29, 1.82) is 0 Å². The summed E-state index contributed by atoms with van der Waals surface area (Å²) >= 11 is 1.60. The lowest BCUT2D eigenvalue weighted by molar-refractivity contribution is 0.770. The van der Waals surface area contributed by atoms with Gasteiger partial charge in [0.05, 0.1) is 11.7 Å². The smallest absolute Gasteiger partial charge is 0.262 e. The monoisotopic (exact) mass is 296 g/mol. The van der Waals surface area contributed by atoms with Crippen LogP contribution in [-0.2, 0) is 13.0 Å². The summed E-state index contributed by atoms with van der Waals surface area (Å²) in [6, 6.07) is 12.0. The molecule has 2 aromatic heterocycles. The molecule has 106 valence electrons. The molecule has 0 aliphatic carbocycles. The average molecular weight is 296 g/mol. The van der Waals surface area contributed by atoms with E-state index in [0.29, 0.717) is 6.54 Å². The number of thiophene rings is 1. The van der Waals surface area contributed by atoms with Crippen LogP contribution in [0.15, 0.2) is 53.6 Å². The Labute approximate surface area is 127 Å². The molecule has 4 heteroatoms. The Morgan fingerprint density at radius 1 is 1.29 bits per heavy atom. The van der Waals surface area contributed by atoms with Crippen LogP contribution in [0.1, 0.15) is 17.4 Å². The van der Waals surface area contributed by atoms with Crippen molar-refractivity contribution in [1.82, 2.24) is 9.55 Å². The summed E-state index contributed by atoms with van der Waals surface area (Å²) in [7, 11) is 0. The molecular weight excluding hydrogens is 280 g/mol. The lowest BCUT2D eigenvalue weighted by atomic mass is 10.2. The number of rotatable bonds is 4. The molecule has 2 heterocycles. The van der Waals surface area contributed by atoms with Crippen LogP contribution >= 0.6 is 11.3 Å². The number of allylic oxidation sites excluding steroid dienone is 1. The largest absolute Gasteiger partial charge is 0.295 e. The Morgan fingerprint density at radius 2 is 2.10 bits per heavy atom. The first-order chi connectivity index (χ1) is 10.3. The van der Waals surface area contributed by atoms with Gasteiger partial charge in [-0.2, -0.15) is 0 Å². The van der Waals surface area contributed by atoms with E-state index in [0.717, 1.165) is 22.2 Å². The molecule has 0 amide bonds. The van der Waals surface area contributed by atoms with E-state index in [4.69, 9.17) is 0 Å². The van der Waals surface area contributed by atoms with Crippen LogP contribution < -0.4 is 5.56 Å². The Morgan fingerprint density at radius 3 is 2.86 bits per heavy atom. The Balaban J connectivity index is 1.86. The zero-order valence-corrected chi connectivity index (χ0v) is 12.6. The van der Waals surface area contributed by atoms with Crippen molar-refractivity contribution in [3.63, 3.8) is 0 Å². The molecule has 0 saturated heterocycles. The predicted octanol–water partition coefficient (Wildman–Crippen LogP) is 3.73. The van der Waals surface area contributed by atoms with Gasteiger partial charge in [0.15, 0.2) is 0 Å². The molecule has 0 saturated carbocycles. The van der Waals surface area contributed by atoms with E-state index in [-0.39, 0.29) is 5.56 Å². The summed E-state index contributed by atoms with van der Waals surface area (Å²) in [5.74, 6) is 0. The topological polar surface area (TPSA) is 34.9 Å². The summed E-state index contributed by atoms with van der Waals surface area (Å²) in [4.78, 5) is 18.8. The van der Waals surface area contributed by atoms with Crippen LogP contribution in [0.3, 0.4) is 0 Å². The van der Waals surface area contributed by atoms with Gasteiger partial charge in [0.2, 0.25) is 0 Å². The molecule has 0 fully saturated rings. The zero-order valence-electron chi connectivity index (χ0n) is 11.8. The van der Waals surface area contributed by atoms with Gasteiger partial charge in [-0.05, 0) is 18.1 Å². The maximum absolute atomic E-state index is 12.4. The van der Waals surface area contributed by atoms with E-state index in [1.165, 1.54) is 4.88 Å². The number of hydrogen-bond donors (Lipinski definition) is 0. The zero-order chi connectivity index (χ0) is 14.7. The van der Waals surface area contributed by atoms with Gasteiger partial charge in [-0.3, -0.25) is 9.36 Å². The molecule has 1 aromatic carbocycles. The average Bonchev–Trinajstić information content (AvgIpc) is 2.95. The normalized spacial score (nSPS) is 11.5. The van der Waals surface area contributed by atoms with Gasteiger partial charge >= 0.3 is 0 Å². The second-order valence-corrected chi connectivity index (χ2v) is 5.92. The fourth-order valence-corrected chi connectivity index (χ4v) is 3.11. The number of fused-ring (bicyclic) bond motifs is 1. The van der Waals surface area contributed by atoms with Gasteiger partial charge < -0.3 is 0 Å². The highest BCUT2D eigenvalue weighted by atomic mass is 32.1. The SMILES string of the molecule is CCc1cc2c(=O)n(C/C=C/c3ccccc3)cnc2s1. The fraction of sp³-hybridized carbons (Fsp3) is 0.176. The second kappa shape index (κ2) is 6.06. The minimum Gasteiger partial charge on any atom is -0.295 e. The van der Waals surface area contributed by atoms with Crippen molar-refractivity contribution >= 4 is 27.6 Å². The van der Waals surface area contributed by atoms with E-state index >= 15 is 0 Å². The summed E-state index contributed by atoms with van der Waals surface area (Å²) < 4.78 is 1.65. The van der Waals surface area contributed by atoms with Crippen molar-refractivity contribution in [2.75, 3.05) is 0 Å². The van der Waals surface area contributed by atoms with Crippen molar-refractivity contribution in [2.24, 2.45) is 0 Å². The molecule has 0 unspecified atom stereocenters. The first-order valence-electron chi connectivity index (χ1n) is 6.97. The second-order valence-electron chi connectivity index (χ2n) is 4.80. The quantitative estimate of drug-likeness (QED) is 0.735. The predicted molar refractivity (Wildman–Crippen MR) is 88.7 cm³/mol. The molecular formula is C17H16N2OS. The lowest BCUT2D eigenvalue weighted by Crippen LogP contribution is -2.19. The van der Waals surface area contributed by atoms with Gasteiger partial charge in [0.1, 0.15) is 4.83 Å². The molecule has 0 radical (unpaired) electrons.